The normalized spacial score (nSPS) is 10.2. The fourth-order valence-electron chi connectivity index (χ4n) is 1.77. The quantitative estimate of drug-likeness (QED) is 0.819. The number of aromatic carboxylic acids is 1. The van der Waals surface area contributed by atoms with E-state index >= 15 is 0 Å². The first-order valence-corrected chi connectivity index (χ1v) is 5.65. The van der Waals surface area contributed by atoms with Crippen molar-refractivity contribution in [1.29, 1.82) is 0 Å². The highest BCUT2D eigenvalue weighted by atomic mass is 16.4. The van der Waals surface area contributed by atoms with Gasteiger partial charge in [-0.25, -0.2) is 9.78 Å². The number of imidazole rings is 1. The standard InChI is InChI=1S/C14H14N2O2/c1-2-8-16-10-12(14(17)18)15-13(16)9-11-6-4-3-5-7-11/h2-7,10H,1,8-9H2,(H,17,18). The molecule has 2 rings (SSSR count). The van der Waals surface area contributed by atoms with Gasteiger partial charge in [-0.2, -0.15) is 0 Å². The molecule has 0 bridgehead atoms. The molecule has 0 amide bonds. The molecule has 1 N–H and O–H groups in total. The molecule has 0 saturated heterocycles. The molecular formula is C14H14N2O2. The summed E-state index contributed by atoms with van der Waals surface area (Å²) in [7, 11) is 0. The fraction of sp³-hybridized carbons (Fsp3) is 0.143. The summed E-state index contributed by atoms with van der Waals surface area (Å²) in [4.78, 5) is 15.1. The molecule has 1 aromatic heterocycles. The van der Waals surface area contributed by atoms with Gasteiger partial charge in [0.15, 0.2) is 5.69 Å². The molecule has 0 saturated carbocycles. The highest BCUT2D eigenvalue weighted by molar-refractivity contribution is 5.85. The van der Waals surface area contributed by atoms with Crippen LogP contribution < -0.4 is 0 Å². The van der Waals surface area contributed by atoms with Crippen LogP contribution >= 0.6 is 0 Å². The predicted octanol–water partition coefficient (Wildman–Crippen LogP) is 2.36. The molecule has 0 atom stereocenters. The molecule has 2 aromatic rings. The first-order chi connectivity index (χ1) is 8.70. The zero-order valence-electron chi connectivity index (χ0n) is 9.91. The van der Waals surface area contributed by atoms with Crippen LogP contribution in [0, 0.1) is 0 Å². The molecule has 0 aliphatic heterocycles. The topological polar surface area (TPSA) is 55.1 Å². The van der Waals surface area contributed by atoms with E-state index in [0.29, 0.717) is 13.0 Å². The summed E-state index contributed by atoms with van der Waals surface area (Å²) in [6.07, 6.45) is 3.88. The van der Waals surface area contributed by atoms with Crippen LogP contribution in [0.2, 0.25) is 0 Å². The molecule has 0 spiro atoms. The van der Waals surface area contributed by atoms with Gasteiger partial charge < -0.3 is 9.67 Å². The molecule has 4 nitrogen and oxygen atoms in total. The van der Waals surface area contributed by atoms with Gasteiger partial charge in [0.25, 0.3) is 0 Å². The Bertz CT molecular complexity index is 558. The highest BCUT2D eigenvalue weighted by Crippen LogP contribution is 2.10. The summed E-state index contributed by atoms with van der Waals surface area (Å²) < 4.78 is 1.81. The number of allylic oxidation sites excluding steroid dienone is 1. The summed E-state index contributed by atoms with van der Waals surface area (Å²) in [5, 5.41) is 8.96. The van der Waals surface area contributed by atoms with E-state index in [1.807, 2.05) is 34.9 Å². The molecule has 92 valence electrons. The Balaban J connectivity index is 2.30. The Hall–Kier alpha value is -2.36. The van der Waals surface area contributed by atoms with Crippen molar-refractivity contribution in [3.05, 3.63) is 66.3 Å². The van der Waals surface area contributed by atoms with E-state index in [1.54, 1.807) is 12.3 Å². The zero-order valence-corrected chi connectivity index (χ0v) is 9.91. The Morgan fingerprint density at radius 3 is 2.72 bits per heavy atom. The van der Waals surface area contributed by atoms with E-state index in [1.165, 1.54) is 0 Å². The first-order valence-electron chi connectivity index (χ1n) is 5.65. The van der Waals surface area contributed by atoms with Crippen LogP contribution in [-0.2, 0) is 13.0 Å². The van der Waals surface area contributed by atoms with Crippen molar-refractivity contribution in [2.24, 2.45) is 0 Å². The molecule has 0 fully saturated rings. The van der Waals surface area contributed by atoms with Crippen LogP contribution in [0.15, 0.2) is 49.2 Å². The lowest BCUT2D eigenvalue weighted by Crippen LogP contribution is -2.02. The highest BCUT2D eigenvalue weighted by Gasteiger charge is 2.12. The van der Waals surface area contributed by atoms with Gasteiger partial charge in [0.05, 0.1) is 0 Å². The Morgan fingerprint density at radius 2 is 2.11 bits per heavy atom. The molecule has 0 aliphatic carbocycles. The molecule has 0 radical (unpaired) electrons. The lowest BCUT2D eigenvalue weighted by Gasteiger charge is -2.04. The number of carbonyl (C=O) groups is 1. The van der Waals surface area contributed by atoms with Crippen LogP contribution in [0.5, 0.6) is 0 Å². The monoisotopic (exact) mass is 242 g/mol. The average molecular weight is 242 g/mol. The SMILES string of the molecule is C=CCn1cc(C(=O)O)nc1Cc1ccccc1. The smallest absolute Gasteiger partial charge is 0.356 e. The van der Waals surface area contributed by atoms with E-state index in [-0.39, 0.29) is 5.69 Å². The molecule has 0 unspecified atom stereocenters. The summed E-state index contributed by atoms with van der Waals surface area (Å²) >= 11 is 0. The molecule has 18 heavy (non-hydrogen) atoms. The largest absolute Gasteiger partial charge is 0.476 e. The minimum atomic E-state index is -1.01. The van der Waals surface area contributed by atoms with Gasteiger partial charge in [0.2, 0.25) is 0 Å². The van der Waals surface area contributed by atoms with E-state index in [0.717, 1.165) is 11.4 Å². The Labute approximate surface area is 105 Å². The van der Waals surface area contributed by atoms with Crippen molar-refractivity contribution in [3.63, 3.8) is 0 Å². The van der Waals surface area contributed by atoms with Crippen LogP contribution in [0.1, 0.15) is 21.9 Å². The van der Waals surface area contributed by atoms with Gasteiger partial charge in [0, 0.05) is 19.2 Å². The van der Waals surface area contributed by atoms with Crippen molar-refractivity contribution in [2.45, 2.75) is 13.0 Å². The zero-order chi connectivity index (χ0) is 13.0. The number of aromatic nitrogens is 2. The second-order valence-corrected chi connectivity index (χ2v) is 3.95. The maximum Gasteiger partial charge on any atom is 0.356 e. The van der Waals surface area contributed by atoms with E-state index in [4.69, 9.17) is 5.11 Å². The lowest BCUT2D eigenvalue weighted by atomic mass is 10.1. The first kappa shape index (κ1) is 12.1. The van der Waals surface area contributed by atoms with Crippen LogP contribution in [0.25, 0.3) is 0 Å². The van der Waals surface area contributed by atoms with Gasteiger partial charge >= 0.3 is 5.97 Å². The minimum absolute atomic E-state index is 0.0720. The number of rotatable bonds is 5. The number of benzene rings is 1. The summed E-state index contributed by atoms with van der Waals surface area (Å²) in [5.41, 5.74) is 1.17. The molecule has 0 aliphatic rings. The third-order valence-electron chi connectivity index (χ3n) is 2.61. The van der Waals surface area contributed by atoms with E-state index < -0.39 is 5.97 Å². The molecule has 1 heterocycles. The molecule has 4 heteroatoms. The van der Waals surface area contributed by atoms with Crippen LogP contribution in [-0.4, -0.2) is 20.6 Å². The number of nitrogens with zero attached hydrogens (tertiary/aromatic N) is 2. The van der Waals surface area contributed by atoms with Crippen molar-refractivity contribution < 1.29 is 9.90 Å². The average Bonchev–Trinajstić information content (AvgIpc) is 2.75. The summed E-state index contributed by atoms with van der Waals surface area (Å²) in [5.74, 6) is -0.273. The van der Waals surface area contributed by atoms with Crippen molar-refractivity contribution in [2.75, 3.05) is 0 Å². The van der Waals surface area contributed by atoms with Crippen molar-refractivity contribution >= 4 is 5.97 Å². The van der Waals surface area contributed by atoms with Crippen molar-refractivity contribution in [3.8, 4) is 0 Å². The fourth-order valence-corrected chi connectivity index (χ4v) is 1.77. The maximum atomic E-state index is 10.9. The number of hydrogen-bond donors (Lipinski definition) is 1. The lowest BCUT2D eigenvalue weighted by molar-refractivity contribution is 0.0691. The summed E-state index contributed by atoms with van der Waals surface area (Å²) in [6.45, 7) is 4.22. The minimum Gasteiger partial charge on any atom is -0.476 e. The van der Waals surface area contributed by atoms with Gasteiger partial charge in [-0.1, -0.05) is 36.4 Å². The summed E-state index contributed by atoms with van der Waals surface area (Å²) in [6, 6.07) is 9.84. The van der Waals surface area contributed by atoms with Crippen molar-refractivity contribution in [1.82, 2.24) is 9.55 Å². The van der Waals surface area contributed by atoms with E-state index in [9.17, 15) is 4.79 Å². The van der Waals surface area contributed by atoms with Crippen LogP contribution in [0.4, 0.5) is 0 Å². The number of hydrogen-bond acceptors (Lipinski definition) is 2. The Kier molecular flexibility index (Phi) is 3.57. The third kappa shape index (κ3) is 2.66. The maximum absolute atomic E-state index is 10.9. The van der Waals surface area contributed by atoms with Crippen LogP contribution in [0.3, 0.4) is 0 Å². The molecule has 1 aromatic carbocycles. The number of carboxylic acid groups (broad SMARTS) is 1. The third-order valence-corrected chi connectivity index (χ3v) is 2.61. The second kappa shape index (κ2) is 5.31. The Morgan fingerprint density at radius 1 is 1.39 bits per heavy atom. The second-order valence-electron chi connectivity index (χ2n) is 3.95. The number of carboxylic acids is 1. The van der Waals surface area contributed by atoms with E-state index in [2.05, 4.69) is 11.6 Å². The van der Waals surface area contributed by atoms with Gasteiger partial charge in [-0.3, -0.25) is 0 Å². The molecular weight excluding hydrogens is 228 g/mol. The van der Waals surface area contributed by atoms with Gasteiger partial charge in [-0.15, -0.1) is 6.58 Å². The van der Waals surface area contributed by atoms with Gasteiger partial charge in [-0.05, 0) is 5.56 Å². The predicted molar refractivity (Wildman–Crippen MR) is 68.6 cm³/mol. The van der Waals surface area contributed by atoms with Gasteiger partial charge in [0.1, 0.15) is 5.82 Å².